The summed E-state index contributed by atoms with van der Waals surface area (Å²) in [6.07, 6.45) is 0.624. The van der Waals surface area contributed by atoms with Crippen molar-refractivity contribution in [2.24, 2.45) is 0 Å². The molecule has 0 unspecified atom stereocenters. The number of aryl methyl sites for hydroxylation is 2. The summed E-state index contributed by atoms with van der Waals surface area (Å²) in [7, 11) is 0. The monoisotopic (exact) mass is 286 g/mol. The number of rotatable bonds is 4. The average molecular weight is 286 g/mol. The summed E-state index contributed by atoms with van der Waals surface area (Å²) < 4.78 is 5.17. The fourth-order valence-electron chi connectivity index (χ4n) is 1.44. The summed E-state index contributed by atoms with van der Waals surface area (Å²) in [5.74, 6) is 0. The van der Waals surface area contributed by atoms with Gasteiger partial charge in [-0.15, -0.1) is 11.3 Å². The van der Waals surface area contributed by atoms with E-state index in [0.29, 0.717) is 11.6 Å². The van der Waals surface area contributed by atoms with Crippen molar-refractivity contribution in [3.8, 4) is 0 Å². The SMILES string of the molecule is Cc1nc(NC(=O)OC(C)(C)C)sc1CC[C@H](C)O. The number of thiazole rings is 1. The molecule has 1 rings (SSSR count). The molecule has 1 heterocycles. The maximum Gasteiger partial charge on any atom is 0.413 e. The van der Waals surface area contributed by atoms with Crippen LogP contribution in [0.2, 0.25) is 0 Å². The molecule has 0 saturated heterocycles. The number of carbonyl (C=O) groups excluding carboxylic acids is 1. The topological polar surface area (TPSA) is 71.5 Å². The van der Waals surface area contributed by atoms with Crippen LogP contribution in [0.3, 0.4) is 0 Å². The lowest BCUT2D eigenvalue weighted by Crippen LogP contribution is -2.27. The Labute approximate surface area is 118 Å². The molecule has 0 saturated carbocycles. The van der Waals surface area contributed by atoms with Gasteiger partial charge < -0.3 is 9.84 Å². The molecule has 2 N–H and O–H groups in total. The number of aliphatic hydroxyl groups is 1. The van der Waals surface area contributed by atoms with Crippen LogP contribution in [0.1, 0.15) is 44.7 Å². The second kappa shape index (κ2) is 6.34. The zero-order chi connectivity index (χ0) is 14.6. The Balaban J connectivity index is 2.60. The summed E-state index contributed by atoms with van der Waals surface area (Å²) in [5.41, 5.74) is 0.364. The third kappa shape index (κ3) is 6.02. The minimum absolute atomic E-state index is 0.330. The lowest BCUT2D eigenvalue weighted by molar-refractivity contribution is 0.0636. The Hall–Kier alpha value is -1.14. The van der Waals surface area contributed by atoms with Crippen LogP contribution in [0.25, 0.3) is 0 Å². The number of amides is 1. The molecule has 0 spiro atoms. The molecule has 0 bridgehead atoms. The van der Waals surface area contributed by atoms with E-state index in [0.717, 1.165) is 17.0 Å². The number of nitrogens with zero attached hydrogens (tertiary/aromatic N) is 1. The predicted molar refractivity (Wildman–Crippen MR) is 76.7 cm³/mol. The highest BCUT2D eigenvalue weighted by atomic mass is 32.1. The molecule has 19 heavy (non-hydrogen) atoms. The van der Waals surface area contributed by atoms with Gasteiger partial charge in [-0.1, -0.05) is 0 Å². The summed E-state index contributed by atoms with van der Waals surface area (Å²) in [5, 5.41) is 12.4. The Morgan fingerprint density at radius 2 is 2.16 bits per heavy atom. The highest BCUT2D eigenvalue weighted by Crippen LogP contribution is 2.24. The molecule has 0 radical (unpaired) electrons. The van der Waals surface area contributed by atoms with Crippen molar-refractivity contribution in [1.29, 1.82) is 0 Å². The van der Waals surface area contributed by atoms with Gasteiger partial charge in [-0.05, 0) is 47.5 Å². The van der Waals surface area contributed by atoms with Crippen molar-refractivity contribution in [3.63, 3.8) is 0 Å². The largest absolute Gasteiger partial charge is 0.444 e. The van der Waals surface area contributed by atoms with Crippen molar-refractivity contribution in [2.45, 2.75) is 59.2 Å². The molecule has 5 nitrogen and oxygen atoms in total. The molecule has 6 heteroatoms. The Morgan fingerprint density at radius 1 is 1.53 bits per heavy atom. The van der Waals surface area contributed by atoms with Gasteiger partial charge in [0.25, 0.3) is 0 Å². The predicted octanol–water partition coefficient (Wildman–Crippen LogP) is 3.11. The first-order valence-electron chi connectivity index (χ1n) is 6.32. The number of ether oxygens (including phenoxy) is 1. The van der Waals surface area contributed by atoms with E-state index in [1.165, 1.54) is 11.3 Å². The average Bonchev–Trinajstić information content (AvgIpc) is 2.52. The van der Waals surface area contributed by atoms with Crippen LogP contribution in [-0.2, 0) is 11.2 Å². The smallest absolute Gasteiger partial charge is 0.413 e. The third-order valence-electron chi connectivity index (χ3n) is 2.29. The van der Waals surface area contributed by atoms with Gasteiger partial charge in [0, 0.05) is 4.88 Å². The quantitative estimate of drug-likeness (QED) is 0.892. The number of carbonyl (C=O) groups is 1. The van der Waals surface area contributed by atoms with Gasteiger partial charge in [0.15, 0.2) is 5.13 Å². The Morgan fingerprint density at radius 3 is 2.68 bits per heavy atom. The van der Waals surface area contributed by atoms with Crippen molar-refractivity contribution >= 4 is 22.6 Å². The molecule has 0 aliphatic heterocycles. The van der Waals surface area contributed by atoms with Gasteiger partial charge in [-0.2, -0.15) is 0 Å². The van der Waals surface area contributed by atoms with Gasteiger partial charge in [0.05, 0.1) is 11.8 Å². The summed E-state index contributed by atoms with van der Waals surface area (Å²) in [6.45, 7) is 9.10. The lowest BCUT2D eigenvalue weighted by Gasteiger charge is -2.18. The molecular formula is C13H22N2O3S. The Kier molecular flexibility index (Phi) is 5.31. The Bertz CT molecular complexity index is 436. The van der Waals surface area contributed by atoms with Crippen LogP contribution >= 0.6 is 11.3 Å². The zero-order valence-electron chi connectivity index (χ0n) is 12.1. The van der Waals surface area contributed by atoms with Gasteiger partial charge in [0.1, 0.15) is 5.60 Å². The molecule has 0 fully saturated rings. The van der Waals surface area contributed by atoms with Gasteiger partial charge in [0.2, 0.25) is 0 Å². The summed E-state index contributed by atoms with van der Waals surface area (Å²) in [6, 6.07) is 0. The van der Waals surface area contributed by atoms with Crippen LogP contribution in [0, 0.1) is 6.92 Å². The second-order valence-electron chi connectivity index (χ2n) is 5.54. The van der Waals surface area contributed by atoms with Crippen molar-refractivity contribution in [1.82, 2.24) is 4.98 Å². The van der Waals surface area contributed by atoms with E-state index in [1.807, 2.05) is 27.7 Å². The first-order valence-corrected chi connectivity index (χ1v) is 7.13. The van der Waals surface area contributed by atoms with Crippen molar-refractivity contribution in [3.05, 3.63) is 10.6 Å². The second-order valence-corrected chi connectivity index (χ2v) is 6.63. The number of aliphatic hydroxyl groups excluding tert-OH is 1. The lowest BCUT2D eigenvalue weighted by atomic mass is 10.2. The number of hydrogen-bond acceptors (Lipinski definition) is 5. The number of anilines is 1. The van der Waals surface area contributed by atoms with Crippen LogP contribution < -0.4 is 5.32 Å². The highest BCUT2D eigenvalue weighted by Gasteiger charge is 2.18. The molecule has 108 valence electrons. The van der Waals surface area contributed by atoms with E-state index >= 15 is 0 Å². The molecule has 0 aromatic carbocycles. The normalized spacial score (nSPS) is 13.2. The molecule has 0 aliphatic carbocycles. The van der Waals surface area contributed by atoms with Crippen LogP contribution in [0.15, 0.2) is 0 Å². The van der Waals surface area contributed by atoms with E-state index in [1.54, 1.807) is 6.92 Å². The first-order chi connectivity index (χ1) is 8.67. The maximum atomic E-state index is 11.6. The summed E-state index contributed by atoms with van der Waals surface area (Å²) >= 11 is 1.42. The third-order valence-corrected chi connectivity index (χ3v) is 3.42. The molecule has 1 aromatic rings. The maximum absolute atomic E-state index is 11.6. The van der Waals surface area contributed by atoms with E-state index in [4.69, 9.17) is 4.74 Å². The van der Waals surface area contributed by atoms with Gasteiger partial charge in [-0.3, -0.25) is 5.32 Å². The summed E-state index contributed by atoms with van der Waals surface area (Å²) in [4.78, 5) is 17.0. The molecular weight excluding hydrogens is 264 g/mol. The number of hydrogen-bond donors (Lipinski definition) is 2. The first kappa shape index (κ1) is 15.9. The minimum Gasteiger partial charge on any atom is -0.444 e. The van der Waals surface area contributed by atoms with Gasteiger partial charge in [-0.25, -0.2) is 9.78 Å². The minimum atomic E-state index is -0.522. The van der Waals surface area contributed by atoms with Gasteiger partial charge >= 0.3 is 6.09 Å². The molecule has 1 amide bonds. The molecule has 0 aliphatic rings. The fraction of sp³-hybridized carbons (Fsp3) is 0.692. The van der Waals surface area contributed by atoms with E-state index in [9.17, 15) is 9.90 Å². The van der Waals surface area contributed by atoms with Crippen LogP contribution in [-0.4, -0.2) is 27.9 Å². The number of nitrogens with one attached hydrogen (secondary N) is 1. The standard InChI is InChI=1S/C13H22N2O3S/c1-8(16)6-7-10-9(2)14-11(19-10)15-12(17)18-13(3,4)5/h8,16H,6-7H2,1-5H3,(H,14,15,17)/t8-/m0/s1. The highest BCUT2D eigenvalue weighted by molar-refractivity contribution is 7.15. The number of aromatic nitrogens is 1. The van der Waals surface area contributed by atoms with Crippen molar-refractivity contribution in [2.75, 3.05) is 5.32 Å². The van der Waals surface area contributed by atoms with E-state index < -0.39 is 11.7 Å². The molecule has 1 atom stereocenters. The van der Waals surface area contributed by atoms with Crippen LogP contribution in [0.5, 0.6) is 0 Å². The van der Waals surface area contributed by atoms with E-state index in [-0.39, 0.29) is 6.10 Å². The fourth-order valence-corrected chi connectivity index (χ4v) is 2.41. The molecule has 1 aromatic heterocycles. The van der Waals surface area contributed by atoms with Crippen LogP contribution in [0.4, 0.5) is 9.93 Å². The zero-order valence-corrected chi connectivity index (χ0v) is 12.9. The van der Waals surface area contributed by atoms with Crippen molar-refractivity contribution < 1.29 is 14.6 Å². The van der Waals surface area contributed by atoms with E-state index in [2.05, 4.69) is 10.3 Å².